The molecule has 2 fully saturated rings. The first-order chi connectivity index (χ1) is 12.8. The molecule has 8 heteroatoms. The van der Waals surface area contributed by atoms with Gasteiger partial charge in [-0.05, 0) is 25.8 Å². The highest BCUT2D eigenvalue weighted by Gasteiger charge is 2.40. The van der Waals surface area contributed by atoms with Crippen molar-refractivity contribution in [3.63, 3.8) is 0 Å². The van der Waals surface area contributed by atoms with Gasteiger partial charge in [0, 0.05) is 44.2 Å². The SMILES string of the molecule is CNCCN1C(=O)CC[C@H]2CN(c3nc(-c4ccccc4)no3)CC[C@H]21.Cl. The zero-order chi connectivity index (χ0) is 17.9. The molecule has 2 aliphatic heterocycles. The Bertz CT molecular complexity index is 754. The van der Waals surface area contributed by atoms with Crippen LogP contribution in [-0.2, 0) is 4.79 Å². The van der Waals surface area contributed by atoms with Gasteiger partial charge in [0.15, 0.2) is 0 Å². The number of likely N-dealkylation sites (N-methyl/N-ethyl adjacent to an activating group) is 1. The lowest BCUT2D eigenvalue weighted by molar-refractivity contribution is -0.139. The van der Waals surface area contributed by atoms with Crippen molar-refractivity contribution in [3.8, 4) is 11.4 Å². The maximum Gasteiger partial charge on any atom is 0.324 e. The predicted molar refractivity (Wildman–Crippen MR) is 106 cm³/mol. The molecule has 0 unspecified atom stereocenters. The quantitative estimate of drug-likeness (QED) is 0.842. The van der Waals surface area contributed by atoms with Gasteiger partial charge in [-0.3, -0.25) is 4.79 Å². The van der Waals surface area contributed by atoms with Crippen LogP contribution in [0.4, 0.5) is 6.01 Å². The highest BCUT2D eigenvalue weighted by molar-refractivity contribution is 5.85. The van der Waals surface area contributed by atoms with Crippen LogP contribution in [0.5, 0.6) is 0 Å². The third-order valence-corrected chi connectivity index (χ3v) is 5.46. The maximum atomic E-state index is 12.3. The van der Waals surface area contributed by atoms with Crippen LogP contribution >= 0.6 is 12.4 Å². The predicted octanol–water partition coefficient (Wildman–Crippen LogP) is 2.20. The van der Waals surface area contributed by atoms with Gasteiger partial charge in [-0.15, -0.1) is 12.4 Å². The normalized spacial score (nSPS) is 22.3. The minimum Gasteiger partial charge on any atom is -0.338 e. The van der Waals surface area contributed by atoms with Crippen LogP contribution < -0.4 is 10.2 Å². The van der Waals surface area contributed by atoms with Crippen LogP contribution in [0, 0.1) is 5.92 Å². The van der Waals surface area contributed by atoms with Crippen molar-refractivity contribution < 1.29 is 9.32 Å². The van der Waals surface area contributed by atoms with E-state index in [0.717, 1.165) is 44.6 Å². The number of benzene rings is 1. The number of hydrogen-bond donors (Lipinski definition) is 1. The fourth-order valence-electron chi connectivity index (χ4n) is 4.10. The smallest absolute Gasteiger partial charge is 0.324 e. The number of amides is 1. The molecule has 0 spiro atoms. The van der Waals surface area contributed by atoms with Crippen LogP contribution in [0.15, 0.2) is 34.9 Å². The number of halogens is 1. The number of carbonyl (C=O) groups is 1. The fraction of sp³-hybridized carbons (Fsp3) is 0.526. The summed E-state index contributed by atoms with van der Waals surface area (Å²) in [6.45, 7) is 3.32. The molecule has 1 aromatic carbocycles. The lowest BCUT2D eigenvalue weighted by atomic mass is 9.83. The molecule has 1 aromatic heterocycles. The standard InChI is InChI=1S/C19H25N5O2.ClH/c1-20-10-12-24-16-9-11-23(13-15(16)7-8-17(24)25)19-21-18(22-26-19)14-5-3-2-4-6-14;/h2-6,15-16,20H,7-13H2,1H3;1H/t15-,16+;/m0./s1. The average molecular weight is 392 g/mol. The van der Waals surface area contributed by atoms with Crippen LogP contribution in [0.2, 0.25) is 0 Å². The Balaban J connectivity index is 0.00000210. The zero-order valence-electron chi connectivity index (χ0n) is 15.5. The molecule has 0 aliphatic carbocycles. The number of rotatable bonds is 5. The molecule has 1 N–H and O–H groups in total. The van der Waals surface area contributed by atoms with E-state index in [0.29, 0.717) is 36.1 Å². The van der Waals surface area contributed by atoms with Gasteiger partial charge in [0.2, 0.25) is 11.7 Å². The number of nitrogens with zero attached hydrogens (tertiary/aromatic N) is 4. The molecule has 27 heavy (non-hydrogen) atoms. The van der Waals surface area contributed by atoms with E-state index in [1.807, 2.05) is 37.4 Å². The second-order valence-corrected chi connectivity index (χ2v) is 7.06. The summed E-state index contributed by atoms with van der Waals surface area (Å²) in [4.78, 5) is 21.1. The molecule has 0 bridgehead atoms. The number of nitrogens with one attached hydrogen (secondary N) is 1. The van der Waals surface area contributed by atoms with Crippen molar-refractivity contribution in [2.75, 3.05) is 38.1 Å². The molecular weight excluding hydrogens is 366 g/mol. The van der Waals surface area contributed by atoms with Crippen LogP contribution in [0.1, 0.15) is 19.3 Å². The Morgan fingerprint density at radius 3 is 2.85 bits per heavy atom. The Morgan fingerprint density at radius 1 is 1.26 bits per heavy atom. The second-order valence-electron chi connectivity index (χ2n) is 7.06. The second kappa shape index (κ2) is 8.71. The summed E-state index contributed by atoms with van der Waals surface area (Å²) in [5.41, 5.74) is 0.957. The summed E-state index contributed by atoms with van der Waals surface area (Å²) >= 11 is 0. The zero-order valence-corrected chi connectivity index (χ0v) is 16.3. The fourth-order valence-corrected chi connectivity index (χ4v) is 4.10. The molecular formula is C19H26ClN5O2. The van der Waals surface area contributed by atoms with Gasteiger partial charge < -0.3 is 19.6 Å². The summed E-state index contributed by atoms with van der Waals surface area (Å²) in [6, 6.07) is 10.8. The third kappa shape index (κ3) is 4.09. The summed E-state index contributed by atoms with van der Waals surface area (Å²) in [5, 5.41) is 7.28. The number of carbonyl (C=O) groups excluding carboxylic acids is 1. The number of hydrogen-bond acceptors (Lipinski definition) is 6. The van der Waals surface area contributed by atoms with Gasteiger partial charge >= 0.3 is 6.01 Å². The van der Waals surface area contributed by atoms with Gasteiger partial charge in [-0.25, -0.2) is 0 Å². The van der Waals surface area contributed by atoms with Crippen molar-refractivity contribution in [1.29, 1.82) is 0 Å². The first-order valence-corrected chi connectivity index (χ1v) is 9.34. The molecule has 2 saturated heterocycles. The minimum absolute atomic E-state index is 0. The van der Waals surface area contributed by atoms with E-state index in [9.17, 15) is 4.79 Å². The van der Waals surface area contributed by atoms with Crippen LogP contribution in [0.3, 0.4) is 0 Å². The number of piperidine rings is 2. The van der Waals surface area contributed by atoms with Gasteiger partial charge in [0.05, 0.1) is 0 Å². The molecule has 2 aromatic rings. The van der Waals surface area contributed by atoms with Gasteiger partial charge in [-0.1, -0.05) is 35.5 Å². The Labute approximate surface area is 165 Å². The lowest BCUT2D eigenvalue weighted by Crippen LogP contribution is -2.57. The molecule has 0 saturated carbocycles. The molecule has 146 valence electrons. The van der Waals surface area contributed by atoms with E-state index in [-0.39, 0.29) is 12.4 Å². The van der Waals surface area contributed by atoms with E-state index in [2.05, 4.69) is 25.3 Å². The number of fused-ring (bicyclic) bond motifs is 1. The van der Waals surface area contributed by atoms with E-state index in [4.69, 9.17) is 4.52 Å². The minimum atomic E-state index is 0. The van der Waals surface area contributed by atoms with Gasteiger partial charge in [0.25, 0.3) is 0 Å². The average Bonchev–Trinajstić information content (AvgIpc) is 3.18. The Kier molecular flexibility index (Phi) is 6.34. The van der Waals surface area contributed by atoms with Crippen molar-refractivity contribution in [1.82, 2.24) is 20.4 Å². The first-order valence-electron chi connectivity index (χ1n) is 9.34. The van der Waals surface area contributed by atoms with E-state index in [1.54, 1.807) is 0 Å². The number of likely N-dealkylation sites (tertiary alicyclic amines) is 1. The molecule has 2 aliphatic rings. The van der Waals surface area contributed by atoms with E-state index >= 15 is 0 Å². The summed E-state index contributed by atoms with van der Waals surface area (Å²) < 4.78 is 5.53. The van der Waals surface area contributed by atoms with Crippen molar-refractivity contribution in [2.45, 2.75) is 25.3 Å². The van der Waals surface area contributed by atoms with Crippen molar-refractivity contribution in [3.05, 3.63) is 30.3 Å². The molecule has 2 atom stereocenters. The lowest BCUT2D eigenvalue weighted by Gasteiger charge is -2.46. The van der Waals surface area contributed by atoms with Crippen LogP contribution in [-0.4, -0.2) is 60.2 Å². The first kappa shape index (κ1) is 19.6. The topological polar surface area (TPSA) is 74.5 Å². The van der Waals surface area contributed by atoms with Crippen molar-refractivity contribution in [2.24, 2.45) is 5.92 Å². The molecule has 3 heterocycles. The molecule has 1 amide bonds. The van der Waals surface area contributed by atoms with Gasteiger partial charge in [0.1, 0.15) is 0 Å². The summed E-state index contributed by atoms with van der Waals surface area (Å²) in [6.07, 6.45) is 2.52. The third-order valence-electron chi connectivity index (χ3n) is 5.46. The Hall–Kier alpha value is -2.12. The molecule has 7 nitrogen and oxygen atoms in total. The van der Waals surface area contributed by atoms with Crippen molar-refractivity contribution >= 4 is 24.3 Å². The molecule has 4 rings (SSSR count). The highest BCUT2D eigenvalue weighted by Crippen LogP contribution is 2.33. The van der Waals surface area contributed by atoms with Gasteiger partial charge in [-0.2, -0.15) is 4.98 Å². The molecule has 0 radical (unpaired) electrons. The monoisotopic (exact) mass is 391 g/mol. The Morgan fingerprint density at radius 2 is 2.07 bits per heavy atom. The highest BCUT2D eigenvalue weighted by atomic mass is 35.5. The summed E-state index contributed by atoms with van der Waals surface area (Å²) in [5.74, 6) is 1.38. The number of aromatic nitrogens is 2. The van der Waals surface area contributed by atoms with Crippen LogP contribution in [0.25, 0.3) is 11.4 Å². The van der Waals surface area contributed by atoms with E-state index in [1.165, 1.54) is 0 Å². The summed E-state index contributed by atoms with van der Waals surface area (Å²) in [7, 11) is 1.93. The number of anilines is 1. The maximum absolute atomic E-state index is 12.3. The van der Waals surface area contributed by atoms with E-state index < -0.39 is 0 Å². The largest absolute Gasteiger partial charge is 0.338 e.